The molecule has 1 fully saturated rings. The molecule has 0 radical (unpaired) electrons. The molecular weight excluding hydrogens is 258 g/mol. The molecule has 2 unspecified atom stereocenters. The lowest BCUT2D eigenvalue weighted by atomic mass is 10.1. The first-order valence-corrected chi connectivity index (χ1v) is 7.79. The van der Waals surface area contributed by atoms with Crippen LogP contribution in [-0.4, -0.2) is 12.6 Å². The van der Waals surface area contributed by atoms with Crippen molar-refractivity contribution in [2.75, 3.05) is 11.9 Å². The second-order valence-electron chi connectivity index (χ2n) is 5.42. The lowest BCUT2D eigenvalue weighted by Crippen LogP contribution is -2.16. The number of ether oxygens (including phenoxy) is 1. The fourth-order valence-electron chi connectivity index (χ4n) is 2.75. The van der Waals surface area contributed by atoms with Gasteiger partial charge in [-0.1, -0.05) is 31.9 Å². The van der Waals surface area contributed by atoms with Gasteiger partial charge in [0, 0.05) is 11.1 Å². The van der Waals surface area contributed by atoms with Gasteiger partial charge in [0.25, 0.3) is 0 Å². The van der Waals surface area contributed by atoms with E-state index in [4.69, 9.17) is 16.3 Å². The summed E-state index contributed by atoms with van der Waals surface area (Å²) in [6.45, 7) is 5.15. The highest BCUT2D eigenvalue weighted by atomic mass is 35.5. The van der Waals surface area contributed by atoms with Gasteiger partial charge in [0.15, 0.2) is 0 Å². The second-order valence-corrected chi connectivity index (χ2v) is 5.85. The molecule has 0 heterocycles. The van der Waals surface area contributed by atoms with Crippen molar-refractivity contribution in [3.05, 3.63) is 23.2 Å². The van der Waals surface area contributed by atoms with Crippen molar-refractivity contribution in [2.45, 2.75) is 52.0 Å². The van der Waals surface area contributed by atoms with E-state index in [1.807, 2.05) is 18.2 Å². The van der Waals surface area contributed by atoms with Crippen LogP contribution in [-0.2, 0) is 0 Å². The predicted octanol–water partition coefficient (Wildman–Crippen LogP) is 5.12. The highest BCUT2D eigenvalue weighted by Crippen LogP contribution is 2.34. The van der Waals surface area contributed by atoms with Gasteiger partial charge in [-0.3, -0.25) is 0 Å². The van der Waals surface area contributed by atoms with Gasteiger partial charge in [0.2, 0.25) is 0 Å². The summed E-state index contributed by atoms with van der Waals surface area (Å²) >= 11 is 6.10. The van der Waals surface area contributed by atoms with Gasteiger partial charge in [0.05, 0.1) is 12.3 Å². The number of rotatable bonds is 6. The van der Waals surface area contributed by atoms with E-state index in [1.54, 1.807) is 0 Å². The van der Waals surface area contributed by atoms with E-state index in [2.05, 4.69) is 19.2 Å². The van der Waals surface area contributed by atoms with Gasteiger partial charge < -0.3 is 10.1 Å². The third-order valence-electron chi connectivity index (χ3n) is 3.88. The number of hydrogen-bond donors (Lipinski definition) is 1. The predicted molar refractivity (Wildman–Crippen MR) is 82.3 cm³/mol. The molecular formula is C16H24ClNO. The quantitative estimate of drug-likeness (QED) is 0.781. The lowest BCUT2D eigenvalue weighted by molar-refractivity contribution is 0.318. The summed E-state index contributed by atoms with van der Waals surface area (Å²) in [6, 6.07) is 6.40. The van der Waals surface area contributed by atoms with Crippen molar-refractivity contribution in [2.24, 2.45) is 5.92 Å². The van der Waals surface area contributed by atoms with Gasteiger partial charge in [-0.05, 0) is 49.8 Å². The maximum atomic E-state index is 6.10. The molecule has 1 aliphatic carbocycles. The van der Waals surface area contributed by atoms with Crippen LogP contribution in [0.4, 0.5) is 5.69 Å². The number of hydrogen-bond acceptors (Lipinski definition) is 2. The third-order valence-corrected chi connectivity index (χ3v) is 4.12. The van der Waals surface area contributed by atoms with E-state index in [9.17, 15) is 0 Å². The minimum Gasteiger partial charge on any atom is -0.491 e. The van der Waals surface area contributed by atoms with E-state index in [1.165, 1.54) is 25.7 Å². The maximum Gasteiger partial charge on any atom is 0.142 e. The molecule has 106 valence electrons. The molecule has 1 aliphatic rings. The molecule has 2 nitrogen and oxygen atoms in total. The molecule has 2 rings (SSSR count). The second kappa shape index (κ2) is 7.04. The van der Waals surface area contributed by atoms with E-state index < -0.39 is 0 Å². The lowest BCUT2D eigenvalue weighted by Gasteiger charge is -2.18. The number of benzene rings is 1. The first-order chi connectivity index (χ1) is 9.22. The molecule has 0 amide bonds. The van der Waals surface area contributed by atoms with E-state index in [0.29, 0.717) is 6.04 Å². The summed E-state index contributed by atoms with van der Waals surface area (Å²) in [4.78, 5) is 0. The van der Waals surface area contributed by atoms with Crippen LogP contribution in [0.1, 0.15) is 46.0 Å². The Labute approximate surface area is 121 Å². The van der Waals surface area contributed by atoms with Gasteiger partial charge in [-0.25, -0.2) is 0 Å². The molecule has 0 aliphatic heterocycles. The Bertz CT molecular complexity index is 408. The summed E-state index contributed by atoms with van der Waals surface area (Å²) in [5.74, 6) is 1.79. The Morgan fingerprint density at radius 3 is 2.84 bits per heavy atom. The average Bonchev–Trinajstić information content (AvgIpc) is 2.85. The van der Waals surface area contributed by atoms with Crippen molar-refractivity contribution in [3.63, 3.8) is 0 Å². The van der Waals surface area contributed by atoms with Crippen molar-refractivity contribution in [3.8, 4) is 5.75 Å². The fourth-order valence-corrected chi connectivity index (χ4v) is 2.92. The Morgan fingerprint density at radius 2 is 2.16 bits per heavy atom. The topological polar surface area (TPSA) is 21.3 Å². The summed E-state index contributed by atoms with van der Waals surface area (Å²) in [5, 5.41) is 4.37. The highest BCUT2D eigenvalue weighted by Gasteiger charge is 2.23. The molecule has 1 aromatic rings. The van der Waals surface area contributed by atoms with Crippen molar-refractivity contribution in [1.29, 1.82) is 0 Å². The molecule has 1 aromatic carbocycles. The molecule has 0 saturated heterocycles. The Kier molecular flexibility index (Phi) is 5.38. The van der Waals surface area contributed by atoms with Crippen LogP contribution in [0.2, 0.25) is 5.02 Å². The Hall–Kier alpha value is -0.890. The van der Waals surface area contributed by atoms with Crippen molar-refractivity contribution < 1.29 is 4.74 Å². The summed E-state index contributed by atoms with van der Waals surface area (Å²) in [6.07, 6.45) is 6.14. The van der Waals surface area contributed by atoms with Gasteiger partial charge in [-0.2, -0.15) is 0 Å². The van der Waals surface area contributed by atoms with Crippen LogP contribution in [0.5, 0.6) is 5.75 Å². The molecule has 1 N–H and O–H groups in total. The van der Waals surface area contributed by atoms with E-state index >= 15 is 0 Å². The zero-order valence-electron chi connectivity index (χ0n) is 11.9. The number of nitrogens with one attached hydrogen (secondary N) is 1. The standard InChI is InChI=1S/C16H24ClNO/c1-3-9-19-16-8-6-13(17)11-15(16)18-14-7-5-12(4-2)10-14/h6,8,11-12,14,18H,3-5,7,9-10H2,1-2H3. The first-order valence-electron chi connectivity index (χ1n) is 7.41. The van der Waals surface area contributed by atoms with E-state index in [0.717, 1.165) is 35.4 Å². The molecule has 0 aromatic heterocycles. The van der Waals surface area contributed by atoms with Crippen LogP contribution < -0.4 is 10.1 Å². The minimum atomic E-state index is 0.562. The Morgan fingerprint density at radius 1 is 1.32 bits per heavy atom. The van der Waals surface area contributed by atoms with Crippen molar-refractivity contribution in [1.82, 2.24) is 0 Å². The zero-order chi connectivity index (χ0) is 13.7. The fraction of sp³-hybridized carbons (Fsp3) is 0.625. The highest BCUT2D eigenvalue weighted by molar-refractivity contribution is 6.30. The molecule has 1 saturated carbocycles. The minimum absolute atomic E-state index is 0.562. The maximum absolute atomic E-state index is 6.10. The SMILES string of the molecule is CCCOc1ccc(Cl)cc1NC1CCC(CC)C1. The molecule has 0 spiro atoms. The summed E-state index contributed by atoms with van der Waals surface area (Å²) in [7, 11) is 0. The summed E-state index contributed by atoms with van der Waals surface area (Å²) in [5.41, 5.74) is 1.04. The zero-order valence-corrected chi connectivity index (χ0v) is 12.7. The normalized spacial score (nSPS) is 22.5. The van der Waals surface area contributed by atoms with Crippen LogP contribution in [0, 0.1) is 5.92 Å². The monoisotopic (exact) mass is 281 g/mol. The van der Waals surface area contributed by atoms with Gasteiger partial charge >= 0.3 is 0 Å². The van der Waals surface area contributed by atoms with Crippen LogP contribution in [0.3, 0.4) is 0 Å². The number of halogens is 1. The van der Waals surface area contributed by atoms with Gasteiger partial charge in [0.1, 0.15) is 5.75 Å². The number of anilines is 1. The molecule has 19 heavy (non-hydrogen) atoms. The molecule has 2 atom stereocenters. The molecule has 3 heteroatoms. The largest absolute Gasteiger partial charge is 0.491 e. The molecule has 0 bridgehead atoms. The first kappa shape index (κ1) is 14.5. The van der Waals surface area contributed by atoms with Crippen LogP contribution >= 0.6 is 11.6 Å². The van der Waals surface area contributed by atoms with Crippen LogP contribution in [0.25, 0.3) is 0 Å². The van der Waals surface area contributed by atoms with E-state index in [-0.39, 0.29) is 0 Å². The average molecular weight is 282 g/mol. The van der Waals surface area contributed by atoms with Crippen molar-refractivity contribution >= 4 is 17.3 Å². The third kappa shape index (κ3) is 4.04. The smallest absolute Gasteiger partial charge is 0.142 e. The van der Waals surface area contributed by atoms with Crippen LogP contribution in [0.15, 0.2) is 18.2 Å². The Balaban J connectivity index is 2.03. The summed E-state index contributed by atoms with van der Waals surface area (Å²) < 4.78 is 5.78. The van der Waals surface area contributed by atoms with Gasteiger partial charge in [-0.15, -0.1) is 0 Å².